The molecule has 3 aromatic rings. The minimum atomic E-state index is -0.656. The van der Waals surface area contributed by atoms with E-state index in [1.807, 2.05) is 32.3 Å². The fourth-order valence-corrected chi connectivity index (χ4v) is 3.46. The number of aliphatic hydroxyl groups excluding tert-OH is 1. The van der Waals surface area contributed by atoms with Crippen LogP contribution in [0, 0.1) is 11.6 Å². The Bertz CT molecular complexity index is 938. The summed E-state index contributed by atoms with van der Waals surface area (Å²) in [6, 6.07) is 9.10. The predicted molar refractivity (Wildman–Crippen MR) is 117 cm³/mol. The Labute approximate surface area is 176 Å². The summed E-state index contributed by atoms with van der Waals surface area (Å²) in [6.45, 7) is 9.91. The quantitative estimate of drug-likeness (QED) is 0.462. The first kappa shape index (κ1) is 22.6. The van der Waals surface area contributed by atoms with Gasteiger partial charge >= 0.3 is 0 Å². The third-order valence-corrected chi connectivity index (χ3v) is 4.95. The first-order valence-electron chi connectivity index (χ1n) is 10.3. The molecule has 3 rings (SSSR count). The second-order valence-corrected chi connectivity index (χ2v) is 8.75. The molecule has 1 aromatic heterocycles. The minimum Gasteiger partial charge on any atom is -0.390 e. The number of rotatable bonds is 9. The number of nitrogens with zero attached hydrogens (tertiary/aromatic N) is 1. The predicted octanol–water partition coefficient (Wildman–Crippen LogP) is 3.77. The summed E-state index contributed by atoms with van der Waals surface area (Å²) >= 11 is 0. The monoisotopic (exact) mass is 419 g/mol. The summed E-state index contributed by atoms with van der Waals surface area (Å²) in [5.74, 6) is -0.741. The van der Waals surface area contributed by atoms with Crippen LogP contribution in [0.15, 0.2) is 36.4 Å². The highest BCUT2D eigenvalue weighted by Gasteiger charge is 2.15. The van der Waals surface area contributed by atoms with Crippen LogP contribution in [0.2, 0.25) is 0 Å². The van der Waals surface area contributed by atoms with Gasteiger partial charge in [-0.2, -0.15) is 0 Å². The third-order valence-electron chi connectivity index (χ3n) is 4.95. The third kappa shape index (κ3) is 5.76. The van der Waals surface area contributed by atoms with Crippen LogP contribution in [0.5, 0.6) is 0 Å². The topological polar surface area (TPSA) is 58.5 Å². The van der Waals surface area contributed by atoms with E-state index in [9.17, 15) is 13.9 Å². The fourth-order valence-electron chi connectivity index (χ4n) is 3.46. The van der Waals surface area contributed by atoms with E-state index in [-0.39, 0.29) is 23.3 Å². The number of fused-ring (bicyclic) bond motifs is 3. The van der Waals surface area contributed by atoms with Gasteiger partial charge in [0.2, 0.25) is 0 Å². The van der Waals surface area contributed by atoms with Crippen LogP contribution in [0.3, 0.4) is 0 Å². The molecular weight excluding hydrogens is 388 g/mol. The van der Waals surface area contributed by atoms with Gasteiger partial charge in [-0.3, -0.25) is 5.32 Å². The number of benzene rings is 2. The number of hydrogen-bond acceptors (Lipinski definition) is 4. The molecule has 0 amide bonds. The second-order valence-electron chi connectivity index (χ2n) is 8.75. The van der Waals surface area contributed by atoms with Gasteiger partial charge in [-0.15, -0.1) is 0 Å². The normalized spacial score (nSPS) is 14.5. The fraction of sp³-hybridized carbons (Fsp3) is 0.478. The summed E-state index contributed by atoms with van der Waals surface area (Å²) in [5.41, 5.74) is 1.35. The van der Waals surface area contributed by atoms with Crippen LogP contribution in [-0.2, 0) is 11.3 Å². The second kappa shape index (κ2) is 9.39. The standard InChI is InChI=1S/C23H31F2N3O2/c1-15(27-14-30-23(2,3)4)11-26-12-18(29)13-28-21-7-5-16(24)9-19(21)20-10-17(25)6-8-22(20)28/h5-10,15,18,26-27,29H,11-14H2,1-4H3/t15-,18-/m0/s1. The molecule has 0 aliphatic heterocycles. The van der Waals surface area contributed by atoms with E-state index >= 15 is 0 Å². The van der Waals surface area contributed by atoms with Crippen molar-refractivity contribution in [3.63, 3.8) is 0 Å². The molecule has 30 heavy (non-hydrogen) atoms. The van der Waals surface area contributed by atoms with Crippen LogP contribution in [-0.4, -0.2) is 47.2 Å². The highest BCUT2D eigenvalue weighted by Crippen LogP contribution is 2.30. The first-order chi connectivity index (χ1) is 14.1. The molecule has 0 saturated heterocycles. The number of hydrogen-bond donors (Lipinski definition) is 3. The molecule has 0 bridgehead atoms. The van der Waals surface area contributed by atoms with Crippen LogP contribution in [0.4, 0.5) is 8.78 Å². The average molecular weight is 420 g/mol. The van der Waals surface area contributed by atoms with Gasteiger partial charge in [-0.05, 0) is 64.1 Å². The van der Waals surface area contributed by atoms with E-state index in [1.165, 1.54) is 24.3 Å². The maximum Gasteiger partial charge on any atom is 0.123 e. The van der Waals surface area contributed by atoms with Crippen molar-refractivity contribution >= 4 is 21.8 Å². The Morgan fingerprint density at radius 3 is 2.10 bits per heavy atom. The molecule has 5 nitrogen and oxygen atoms in total. The van der Waals surface area contributed by atoms with Gasteiger partial charge in [0.15, 0.2) is 0 Å². The van der Waals surface area contributed by atoms with Crippen LogP contribution in [0.25, 0.3) is 21.8 Å². The lowest BCUT2D eigenvalue weighted by molar-refractivity contribution is -0.0164. The number of nitrogens with one attached hydrogen (secondary N) is 2. The summed E-state index contributed by atoms with van der Waals surface area (Å²) in [6.07, 6.45) is -0.656. The van der Waals surface area contributed by atoms with Crippen molar-refractivity contribution in [1.29, 1.82) is 0 Å². The number of aromatic nitrogens is 1. The Morgan fingerprint density at radius 1 is 1.00 bits per heavy atom. The zero-order chi connectivity index (χ0) is 21.9. The highest BCUT2D eigenvalue weighted by atomic mass is 19.1. The van der Waals surface area contributed by atoms with Crippen LogP contribution >= 0.6 is 0 Å². The largest absolute Gasteiger partial charge is 0.390 e. The number of aliphatic hydroxyl groups is 1. The smallest absolute Gasteiger partial charge is 0.123 e. The van der Waals surface area contributed by atoms with Gasteiger partial charge in [0, 0.05) is 40.9 Å². The molecule has 7 heteroatoms. The van der Waals surface area contributed by atoms with Crippen molar-refractivity contribution < 1.29 is 18.6 Å². The van der Waals surface area contributed by atoms with Crippen molar-refractivity contribution in [1.82, 2.24) is 15.2 Å². The molecule has 3 N–H and O–H groups in total. The van der Waals surface area contributed by atoms with Gasteiger partial charge in [-0.1, -0.05) is 0 Å². The van der Waals surface area contributed by atoms with Crippen molar-refractivity contribution in [3.05, 3.63) is 48.0 Å². The summed E-state index contributed by atoms with van der Waals surface area (Å²) in [5, 5.41) is 18.4. The Balaban J connectivity index is 1.62. The maximum absolute atomic E-state index is 13.8. The Morgan fingerprint density at radius 2 is 1.57 bits per heavy atom. The first-order valence-corrected chi connectivity index (χ1v) is 10.3. The van der Waals surface area contributed by atoms with Gasteiger partial charge in [0.05, 0.1) is 25.0 Å². The molecular formula is C23H31F2N3O2. The van der Waals surface area contributed by atoms with E-state index < -0.39 is 6.10 Å². The molecule has 0 radical (unpaired) electrons. The zero-order valence-electron chi connectivity index (χ0n) is 18.0. The van der Waals surface area contributed by atoms with Gasteiger partial charge in [0.1, 0.15) is 11.6 Å². The van der Waals surface area contributed by atoms with E-state index in [2.05, 4.69) is 10.6 Å². The zero-order valence-corrected chi connectivity index (χ0v) is 18.0. The molecule has 2 atom stereocenters. The highest BCUT2D eigenvalue weighted by molar-refractivity contribution is 6.08. The molecule has 0 unspecified atom stereocenters. The van der Waals surface area contributed by atoms with Gasteiger partial charge in [-0.25, -0.2) is 8.78 Å². The number of halogens is 2. The van der Waals surface area contributed by atoms with Crippen LogP contribution in [0.1, 0.15) is 27.7 Å². The van der Waals surface area contributed by atoms with Crippen molar-refractivity contribution in [2.75, 3.05) is 19.8 Å². The molecule has 0 fully saturated rings. The SMILES string of the molecule is C[C@@H](CNC[C@H](O)Cn1c2ccc(F)cc2c2cc(F)ccc21)NCOC(C)(C)C. The van der Waals surface area contributed by atoms with Gasteiger partial charge < -0.3 is 19.7 Å². The van der Waals surface area contributed by atoms with Gasteiger partial charge in [0.25, 0.3) is 0 Å². The summed E-state index contributed by atoms with van der Waals surface area (Å²) < 4.78 is 35.1. The summed E-state index contributed by atoms with van der Waals surface area (Å²) in [4.78, 5) is 0. The molecule has 164 valence electrons. The van der Waals surface area contributed by atoms with E-state index in [0.717, 1.165) is 11.0 Å². The van der Waals surface area contributed by atoms with E-state index in [0.29, 0.717) is 37.1 Å². The molecule has 0 aliphatic rings. The minimum absolute atomic E-state index is 0.179. The van der Waals surface area contributed by atoms with Crippen LogP contribution < -0.4 is 10.6 Å². The van der Waals surface area contributed by atoms with Crippen molar-refractivity contribution in [3.8, 4) is 0 Å². The number of ether oxygens (including phenoxy) is 1. The maximum atomic E-state index is 13.8. The molecule has 0 aliphatic carbocycles. The molecule has 0 spiro atoms. The lowest BCUT2D eigenvalue weighted by Crippen LogP contribution is -2.41. The Kier molecular flexibility index (Phi) is 7.08. The lowest BCUT2D eigenvalue weighted by atomic mass is 10.1. The lowest BCUT2D eigenvalue weighted by Gasteiger charge is -2.22. The van der Waals surface area contributed by atoms with Crippen molar-refractivity contribution in [2.45, 2.75) is 52.0 Å². The Hall–Kier alpha value is -2.06. The van der Waals surface area contributed by atoms with E-state index in [4.69, 9.17) is 4.74 Å². The molecule has 2 aromatic carbocycles. The molecule has 0 saturated carbocycles. The molecule has 1 heterocycles. The van der Waals surface area contributed by atoms with E-state index in [1.54, 1.807) is 12.1 Å². The van der Waals surface area contributed by atoms with Crippen molar-refractivity contribution in [2.24, 2.45) is 0 Å². The average Bonchev–Trinajstić information content (AvgIpc) is 2.93. The summed E-state index contributed by atoms with van der Waals surface area (Å²) in [7, 11) is 0.